The van der Waals surface area contributed by atoms with Gasteiger partial charge in [0, 0.05) is 37.5 Å². The van der Waals surface area contributed by atoms with E-state index < -0.39 is 15.6 Å². The fourth-order valence-corrected chi connectivity index (χ4v) is 4.42. The first-order chi connectivity index (χ1) is 13.3. The largest absolute Gasteiger partial charge is 0.335 e. The van der Waals surface area contributed by atoms with Crippen LogP contribution >= 0.6 is 0 Å². The number of carbonyl (C=O) groups excluding carboxylic acids is 2. The van der Waals surface area contributed by atoms with E-state index in [1.54, 1.807) is 34.8 Å². The van der Waals surface area contributed by atoms with E-state index in [0.29, 0.717) is 30.1 Å². The molecule has 0 N–H and O–H groups in total. The van der Waals surface area contributed by atoms with Crippen molar-refractivity contribution in [2.24, 2.45) is 10.3 Å². The summed E-state index contributed by atoms with van der Waals surface area (Å²) in [5, 5.41) is 4.26. The molecule has 0 aromatic carbocycles. The van der Waals surface area contributed by atoms with Gasteiger partial charge in [0.25, 0.3) is 5.91 Å². The van der Waals surface area contributed by atoms with Crippen molar-refractivity contribution in [2.45, 2.75) is 31.3 Å². The summed E-state index contributed by atoms with van der Waals surface area (Å²) in [5.74, 6) is 1.56. The van der Waals surface area contributed by atoms with Gasteiger partial charge in [-0.05, 0) is 12.1 Å². The molecule has 2 aromatic rings. The van der Waals surface area contributed by atoms with Crippen molar-refractivity contribution in [1.29, 1.82) is 0 Å². The second-order valence-electron chi connectivity index (χ2n) is 6.69. The predicted octanol–water partition coefficient (Wildman–Crippen LogP) is 1.58. The van der Waals surface area contributed by atoms with Gasteiger partial charge in [0.2, 0.25) is 5.91 Å². The van der Waals surface area contributed by atoms with Crippen LogP contribution in [0.1, 0.15) is 29.4 Å². The Morgan fingerprint density at radius 2 is 2.18 bits per heavy atom. The standard InChI is InChI=1S/C19H21N5O3S/c1-4-6-14(2)19(26)23-9-10-24-16(13-23)17(12-21-24)28(3,27)22-18(25)15-7-5-8-20-11-15/h1,5,7-8,11-12,14H,6,9-10,13H2,2-3H3. The molecule has 0 saturated carbocycles. The molecule has 1 aliphatic rings. The zero-order valence-electron chi connectivity index (χ0n) is 15.7. The lowest BCUT2D eigenvalue weighted by Crippen LogP contribution is -2.41. The van der Waals surface area contributed by atoms with Gasteiger partial charge in [0.1, 0.15) is 0 Å². The van der Waals surface area contributed by atoms with Crippen molar-refractivity contribution in [3.63, 3.8) is 0 Å². The number of rotatable bonds is 4. The van der Waals surface area contributed by atoms with E-state index >= 15 is 0 Å². The van der Waals surface area contributed by atoms with Gasteiger partial charge in [-0.15, -0.1) is 12.3 Å². The highest BCUT2D eigenvalue weighted by molar-refractivity contribution is 7.93. The molecule has 0 radical (unpaired) electrons. The van der Waals surface area contributed by atoms with Crippen LogP contribution in [-0.2, 0) is 27.6 Å². The molecule has 2 unspecified atom stereocenters. The number of pyridine rings is 1. The molecule has 146 valence electrons. The summed E-state index contributed by atoms with van der Waals surface area (Å²) in [5.41, 5.74) is 0.890. The molecule has 0 saturated heterocycles. The molecule has 9 heteroatoms. The van der Waals surface area contributed by atoms with E-state index in [-0.39, 0.29) is 23.9 Å². The summed E-state index contributed by atoms with van der Waals surface area (Å²) < 4.78 is 18.9. The van der Waals surface area contributed by atoms with E-state index in [9.17, 15) is 13.8 Å². The first kappa shape index (κ1) is 19.8. The molecule has 1 aliphatic heterocycles. The van der Waals surface area contributed by atoms with Crippen molar-refractivity contribution in [3.8, 4) is 12.3 Å². The second-order valence-corrected chi connectivity index (χ2v) is 8.92. The zero-order valence-corrected chi connectivity index (χ0v) is 16.6. The number of amides is 2. The third kappa shape index (κ3) is 3.97. The molecular formula is C19H21N5O3S. The van der Waals surface area contributed by atoms with Crippen LogP contribution in [0, 0.1) is 18.3 Å². The Labute approximate surface area is 164 Å². The van der Waals surface area contributed by atoms with Gasteiger partial charge >= 0.3 is 0 Å². The predicted molar refractivity (Wildman–Crippen MR) is 104 cm³/mol. The molecule has 2 amide bonds. The van der Waals surface area contributed by atoms with E-state index in [1.807, 2.05) is 0 Å². The number of aromatic nitrogens is 3. The van der Waals surface area contributed by atoms with Crippen LogP contribution in [0.4, 0.5) is 0 Å². The second kappa shape index (κ2) is 7.94. The van der Waals surface area contributed by atoms with Crippen LogP contribution in [0.5, 0.6) is 0 Å². The van der Waals surface area contributed by atoms with E-state index in [4.69, 9.17) is 6.42 Å². The Hall–Kier alpha value is -2.99. The van der Waals surface area contributed by atoms with E-state index in [0.717, 1.165) is 0 Å². The molecule has 3 rings (SSSR count). The van der Waals surface area contributed by atoms with Crippen molar-refractivity contribution in [2.75, 3.05) is 12.8 Å². The number of hydrogen-bond acceptors (Lipinski definition) is 5. The monoisotopic (exact) mass is 399 g/mol. The first-order valence-electron chi connectivity index (χ1n) is 8.77. The van der Waals surface area contributed by atoms with E-state index in [2.05, 4.69) is 20.4 Å². The number of fused-ring (bicyclic) bond motifs is 1. The Balaban J connectivity index is 1.90. The van der Waals surface area contributed by atoms with Crippen molar-refractivity contribution in [3.05, 3.63) is 42.0 Å². The summed E-state index contributed by atoms with van der Waals surface area (Å²) in [6.07, 6.45) is 11.5. The van der Waals surface area contributed by atoms with Crippen molar-refractivity contribution in [1.82, 2.24) is 19.7 Å². The molecule has 0 spiro atoms. The molecular weight excluding hydrogens is 378 g/mol. The fourth-order valence-electron chi connectivity index (χ4n) is 3.05. The fraction of sp³-hybridized carbons (Fsp3) is 0.368. The average molecular weight is 399 g/mol. The maximum atomic E-state index is 13.2. The molecule has 0 fully saturated rings. The maximum Gasteiger partial charge on any atom is 0.286 e. The molecule has 0 bridgehead atoms. The van der Waals surface area contributed by atoms with Gasteiger partial charge in [0.05, 0.1) is 45.2 Å². The van der Waals surface area contributed by atoms with Gasteiger partial charge in [-0.25, -0.2) is 4.21 Å². The molecule has 0 aliphatic carbocycles. The summed E-state index contributed by atoms with van der Waals surface area (Å²) in [7, 11) is -3.04. The minimum Gasteiger partial charge on any atom is -0.335 e. The summed E-state index contributed by atoms with van der Waals surface area (Å²) in [4.78, 5) is 30.9. The molecule has 28 heavy (non-hydrogen) atoms. The average Bonchev–Trinajstić information content (AvgIpc) is 3.12. The third-order valence-corrected chi connectivity index (χ3v) is 6.23. The lowest BCUT2D eigenvalue weighted by molar-refractivity contribution is -0.136. The molecule has 8 nitrogen and oxygen atoms in total. The highest BCUT2D eigenvalue weighted by Crippen LogP contribution is 2.24. The number of nitrogens with zero attached hydrogens (tertiary/aromatic N) is 5. The molecule has 2 aromatic heterocycles. The van der Waals surface area contributed by atoms with E-state index in [1.165, 1.54) is 18.6 Å². The topological polar surface area (TPSA) is 97.5 Å². The normalized spacial score (nSPS) is 16.4. The summed E-state index contributed by atoms with van der Waals surface area (Å²) >= 11 is 0. The Morgan fingerprint density at radius 1 is 1.39 bits per heavy atom. The molecule has 2 atom stereocenters. The molecule has 3 heterocycles. The van der Waals surface area contributed by atoms with Gasteiger partial charge in [-0.2, -0.15) is 9.46 Å². The van der Waals surface area contributed by atoms with Crippen LogP contribution in [-0.4, -0.2) is 48.5 Å². The smallest absolute Gasteiger partial charge is 0.286 e. The highest BCUT2D eigenvalue weighted by atomic mass is 32.2. The van der Waals surface area contributed by atoms with Crippen LogP contribution in [0.2, 0.25) is 0 Å². The maximum absolute atomic E-state index is 13.2. The zero-order chi connectivity index (χ0) is 20.3. The minimum atomic E-state index is -3.04. The number of carbonyl (C=O) groups is 2. The van der Waals surface area contributed by atoms with Crippen LogP contribution in [0.15, 0.2) is 40.0 Å². The highest BCUT2D eigenvalue weighted by Gasteiger charge is 2.29. The SMILES string of the molecule is C#CCC(C)C(=O)N1CCn2ncc(S(C)(=O)=NC(=O)c3cccnc3)c2C1. The third-order valence-electron chi connectivity index (χ3n) is 4.56. The first-order valence-corrected chi connectivity index (χ1v) is 10.7. The van der Waals surface area contributed by atoms with Crippen LogP contribution in [0.25, 0.3) is 0 Å². The Morgan fingerprint density at radius 3 is 2.86 bits per heavy atom. The lowest BCUT2D eigenvalue weighted by Gasteiger charge is -2.30. The number of hydrogen-bond donors (Lipinski definition) is 0. The Bertz CT molecular complexity index is 1060. The summed E-state index contributed by atoms with van der Waals surface area (Å²) in [6.45, 7) is 3.03. The lowest BCUT2D eigenvalue weighted by atomic mass is 10.1. The Kier molecular flexibility index (Phi) is 5.61. The quantitative estimate of drug-likeness (QED) is 0.727. The van der Waals surface area contributed by atoms with Gasteiger partial charge in [0.15, 0.2) is 0 Å². The van der Waals surface area contributed by atoms with Gasteiger partial charge in [-0.3, -0.25) is 19.3 Å². The van der Waals surface area contributed by atoms with Crippen LogP contribution < -0.4 is 0 Å². The summed E-state index contributed by atoms with van der Waals surface area (Å²) in [6, 6.07) is 3.18. The van der Waals surface area contributed by atoms with Crippen molar-refractivity contribution < 1.29 is 13.8 Å². The van der Waals surface area contributed by atoms with Crippen molar-refractivity contribution >= 4 is 21.5 Å². The number of terminal acetylenes is 1. The van der Waals surface area contributed by atoms with Crippen LogP contribution in [0.3, 0.4) is 0 Å². The van der Waals surface area contributed by atoms with Gasteiger partial charge < -0.3 is 4.90 Å². The minimum absolute atomic E-state index is 0.0534. The van der Waals surface area contributed by atoms with Gasteiger partial charge in [-0.1, -0.05) is 6.92 Å².